The fraction of sp³-hybridized carbons (Fsp3) is 0.263. The number of nitrogens with one attached hydrogen (secondary N) is 2. The monoisotopic (exact) mass is 328 g/mol. The zero-order valence-electron chi connectivity index (χ0n) is 13.8. The molecule has 0 aliphatic carbocycles. The second kappa shape index (κ2) is 8.24. The standard InChI is InChI=1S/C19H21FN2O2/c1-13(2)15-10-7-14(8-11-15)9-12-18(23)21-22-19(24)16-5-3-4-6-17(16)20/h3-8,10-11,13H,9,12H2,1-2H3,(H,21,23)(H,22,24). The maximum absolute atomic E-state index is 13.4. The SMILES string of the molecule is CC(C)c1ccc(CCC(=O)NNC(=O)c2ccccc2F)cc1. The molecule has 0 aliphatic heterocycles. The van der Waals surface area contributed by atoms with E-state index in [0.717, 1.165) is 5.56 Å². The normalized spacial score (nSPS) is 10.5. The minimum atomic E-state index is -0.678. The van der Waals surface area contributed by atoms with Crippen LogP contribution in [-0.2, 0) is 11.2 Å². The van der Waals surface area contributed by atoms with Crippen LogP contribution in [0.5, 0.6) is 0 Å². The molecule has 0 aliphatic rings. The third-order valence-electron chi connectivity index (χ3n) is 3.72. The van der Waals surface area contributed by atoms with Gasteiger partial charge in [-0.15, -0.1) is 0 Å². The summed E-state index contributed by atoms with van der Waals surface area (Å²) in [5.74, 6) is -1.17. The second-order valence-electron chi connectivity index (χ2n) is 5.88. The molecule has 0 saturated carbocycles. The summed E-state index contributed by atoms with van der Waals surface area (Å²) < 4.78 is 13.4. The molecule has 0 unspecified atom stereocenters. The molecule has 0 spiro atoms. The molecule has 24 heavy (non-hydrogen) atoms. The first kappa shape index (κ1) is 17.7. The third kappa shape index (κ3) is 4.91. The zero-order valence-corrected chi connectivity index (χ0v) is 13.8. The molecule has 2 amide bonds. The average Bonchev–Trinajstić information content (AvgIpc) is 2.58. The number of carbonyl (C=O) groups excluding carboxylic acids is 2. The highest BCUT2D eigenvalue weighted by Crippen LogP contribution is 2.15. The molecule has 4 nitrogen and oxygen atoms in total. The molecule has 2 aromatic rings. The Morgan fingerprint density at radius 2 is 1.67 bits per heavy atom. The van der Waals surface area contributed by atoms with Crippen LogP contribution in [0.15, 0.2) is 48.5 Å². The molecule has 0 bridgehead atoms. The predicted molar refractivity (Wildman–Crippen MR) is 90.9 cm³/mol. The Labute approximate surface area is 141 Å². The molecule has 2 rings (SSSR count). The van der Waals surface area contributed by atoms with Gasteiger partial charge in [-0.05, 0) is 35.6 Å². The number of rotatable bonds is 5. The summed E-state index contributed by atoms with van der Waals surface area (Å²) in [6.45, 7) is 4.25. The van der Waals surface area contributed by atoms with Crippen molar-refractivity contribution in [2.75, 3.05) is 0 Å². The molecule has 2 aromatic carbocycles. The molecule has 0 atom stereocenters. The Morgan fingerprint density at radius 1 is 1.00 bits per heavy atom. The molecule has 0 aromatic heterocycles. The van der Waals surface area contributed by atoms with Crippen LogP contribution >= 0.6 is 0 Å². The predicted octanol–water partition coefficient (Wildman–Crippen LogP) is 3.34. The first-order valence-electron chi connectivity index (χ1n) is 7.90. The summed E-state index contributed by atoms with van der Waals surface area (Å²) in [5, 5.41) is 0. The van der Waals surface area contributed by atoms with Crippen molar-refractivity contribution in [3.63, 3.8) is 0 Å². The van der Waals surface area contributed by atoms with Gasteiger partial charge in [-0.3, -0.25) is 20.4 Å². The topological polar surface area (TPSA) is 58.2 Å². The zero-order chi connectivity index (χ0) is 17.5. The lowest BCUT2D eigenvalue weighted by Crippen LogP contribution is -2.42. The average molecular weight is 328 g/mol. The van der Waals surface area contributed by atoms with E-state index in [2.05, 4.69) is 36.8 Å². The van der Waals surface area contributed by atoms with Gasteiger partial charge in [-0.25, -0.2) is 4.39 Å². The summed E-state index contributed by atoms with van der Waals surface area (Å²) in [5.41, 5.74) is 6.72. The van der Waals surface area contributed by atoms with Crippen LogP contribution < -0.4 is 10.9 Å². The Kier molecular flexibility index (Phi) is 6.07. The maximum atomic E-state index is 13.4. The van der Waals surface area contributed by atoms with Crippen LogP contribution in [0.2, 0.25) is 0 Å². The summed E-state index contributed by atoms with van der Waals surface area (Å²) in [6.07, 6.45) is 0.804. The largest absolute Gasteiger partial charge is 0.273 e. The number of carbonyl (C=O) groups is 2. The highest BCUT2D eigenvalue weighted by atomic mass is 19.1. The van der Waals surface area contributed by atoms with Crippen molar-refractivity contribution in [3.8, 4) is 0 Å². The van der Waals surface area contributed by atoms with Crippen molar-refractivity contribution in [2.45, 2.75) is 32.6 Å². The first-order chi connectivity index (χ1) is 11.5. The summed E-state index contributed by atoms with van der Waals surface area (Å²) in [7, 11) is 0. The van der Waals surface area contributed by atoms with E-state index < -0.39 is 11.7 Å². The van der Waals surface area contributed by atoms with Crippen molar-refractivity contribution in [1.29, 1.82) is 0 Å². The van der Waals surface area contributed by atoms with Gasteiger partial charge in [-0.1, -0.05) is 50.2 Å². The lowest BCUT2D eigenvalue weighted by molar-refractivity contribution is -0.121. The lowest BCUT2D eigenvalue weighted by atomic mass is 10.0. The van der Waals surface area contributed by atoms with Gasteiger partial charge in [0.1, 0.15) is 5.82 Å². The fourth-order valence-electron chi connectivity index (χ4n) is 2.23. The second-order valence-corrected chi connectivity index (χ2v) is 5.88. The molecule has 0 fully saturated rings. The van der Waals surface area contributed by atoms with Gasteiger partial charge in [0.2, 0.25) is 5.91 Å². The summed E-state index contributed by atoms with van der Waals surface area (Å²) in [4.78, 5) is 23.6. The molecule has 0 saturated heterocycles. The van der Waals surface area contributed by atoms with Gasteiger partial charge in [-0.2, -0.15) is 0 Å². The molecular formula is C19H21FN2O2. The van der Waals surface area contributed by atoms with E-state index in [0.29, 0.717) is 12.3 Å². The number of hydrazine groups is 1. The first-order valence-corrected chi connectivity index (χ1v) is 7.90. The third-order valence-corrected chi connectivity index (χ3v) is 3.72. The number of aryl methyl sites for hydroxylation is 1. The van der Waals surface area contributed by atoms with Crippen LogP contribution in [0.25, 0.3) is 0 Å². The van der Waals surface area contributed by atoms with Crippen LogP contribution in [-0.4, -0.2) is 11.8 Å². The van der Waals surface area contributed by atoms with Gasteiger partial charge >= 0.3 is 0 Å². The molecule has 0 radical (unpaired) electrons. The van der Waals surface area contributed by atoms with Crippen LogP contribution in [0.4, 0.5) is 4.39 Å². The van der Waals surface area contributed by atoms with E-state index in [-0.39, 0.29) is 17.9 Å². The Bertz CT molecular complexity index is 712. The van der Waals surface area contributed by atoms with E-state index in [1.54, 1.807) is 6.07 Å². The molecule has 5 heteroatoms. The van der Waals surface area contributed by atoms with Crippen LogP contribution in [0.3, 0.4) is 0 Å². The highest BCUT2D eigenvalue weighted by molar-refractivity contribution is 5.95. The van der Waals surface area contributed by atoms with Gasteiger partial charge in [0, 0.05) is 6.42 Å². The van der Waals surface area contributed by atoms with Crippen LogP contribution in [0.1, 0.15) is 47.7 Å². The van der Waals surface area contributed by atoms with Crippen molar-refractivity contribution < 1.29 is 14.0 Å². The lowest BCUT2D eigenvalue weighted by Gasteiger charge is -2.09. The van der Waals surface area contributed by atoms with E-state index in [4.69, 9.17) is 0 Å². The fourth-order valence-corrected chi connectivity index (χ4v) is 2.23. The number of benzene rings is 2. The number of hydrogen-bond donors (Lipinski definition) is 2. The van der Waals surface area contributed by atoms with E-state index in [9.17, 15) is 14.0 Å². The number of hydrogen-bond acceptors (Lipinski definition) is 2. The van der Waals surface area contributed by atoms with Gasteiger partial charge < -0.3 is 0 Å². The highest BCUT2D eigenvalue weighted by Gasteiger charge is 2.11. The van der Waals surface area contributed by atoms with Crippen LogP contribution in [0, 0.1) is 5.82 Å². The maximum Gasteiger partial charge on any atom is 0.272 e. The molecular weight excluding hydrogens is 307 g/mol. The van der Waals surface area contributed by atoms with Crippen molar-refractivity contribution in [1.82, 2.24) is 10.9 Å². The summed E-state index contributed by atoms with van der Waals surface area (Å²) in [6, 6.07) is 13.7. The minimum Gasteiger partial charge on any atom is -0.273 e. The van der Waals surface area contributed by atoms with Crippen molar-refractivity contribution in [2.24, 2.45) is 0 Å². The Hall–Kier alpha value is -2.69. The number of halogens is 1. The Balaban J connectivity index is 1.79. The van der Waals surface area contributed by atoms with Crippen molar-refractivity contribution in [3.05, 3.63) is 71.0 Å². The van der Waals surface area contributed by atoms with Crippen molar-refractivity contribution >= 4 is 11.8 Å². The van der Waals surface area contributed by atoms with Gasteiger partial charge in [0.15, 0.2) is 0 Å². The molecule has 0 heterocycles. The Morgan fingerprint density at radius 3 is 2.29 bits per heavy atom. The van der Waals surface area contributed by atoms with E-state index in [1.807, 2.05) is 12.1 Å². The van der Waals surface area contributed by atoms with Gasteiger partial charge in [0.25, 0.3) is 5.91 Å². The molecule has 2 N–H and O–H groups in total. The quantitative estimate of drug-likeness (QED) is 0.827. The van der Waals surface area contributed by atoms with E-state index in [1.165, 1.54) is 23.8 Å². The minimum absolute atomic E-state index is 0.109. The van der Waals surface area contributed by atoms with E-state index >= 15 is 0 Å². The van der Waals surface area contributed by atoms with Gasteiger partial charge in [0.05, 0.1) is 5.56 Å². The molecule has 126 valence electrons. The summed E-state index contributed by atoms with van der Waals surface area (Å²) >= 11 is 0. The number of amides is 2. The smallest absolute Gasteiger partial charge is 0.272 e.